The number of carboxylic acid groups (broad SMARTS) is 1. The van der Waals surface area contributed by atoms with Crippen LogP contribution in [0.1, 0.15) is 27.4 Å². The molecule has 1 heterocycles. The zero-order valence-corrected chi connectivity index (χ0v) is 18.1. The first-order valence-electron chi connectivity index (χ1n) is 9.35. The molecule has 33 heavy (non-hydrogen) atoms. The summed E-state index contributed by atoms with van der Waals surface area (Å²) >= 11 is 12.1. The van der Waals surface area contributed by atoms with Gasteiger partial charge in [0.15, 0.2) is 11.6 Å². The summed E-state index contributed by atoms with van der Waals surface area (Å²) in [4.78, 5) is 11.2. The second kappa shape index (κ2) is 9.28. The molecule has 10 heteroatoms. The van der Waals surface area contributed by atoms with Crippen LogP contribution in [0.4, 0.5) is 4.39 Å². The molecule has 0 bridgehead atoms. The molecular formula is C23H12Cl2FN3O4. The van der Waals surface area contributed by atoms with Crippen molar-refractivity contribution in [3.63, 3.8) is 0 Å². The Morgan fingerprint density at radius 3 is 2.73 bits per heavy atom. The molecule has 0 saturated carbocycles. The van der Waals surface area contributed by atoms with Gasteiger partial charge < -0.3 is 14.3 Å². The molecule has 0 saturated heterocycles. The number of nitrogens with zero attached hydrogens (tertiary/aromatic N) is 3. The van der Waals surface area contributed by atoms with E-state index in [2.05, 4.69) is 10.2 Å². The molecule has 0 unspecified atom stereocenters. The minimum absolute atomic E-state index is 0.0198. The van der Waals surface area contributed by atoms with Crippen molar-refractivity contribution in [3.05, 3.63) is 93.0 Å². The van der Waals surface area contributed by atoms with Crippen LogP contribution in [0.15, 0.2) is 59.0 Å². The molecule has 1 N–H and O–H groups in total. The van der Waals surface area contributed by atoms with Crippen molar-refractivity contribution >= 4 is 29.2 Å². The number of carboxylic acids is 1. The average Bonchev–Trinajstić information content (AvgIpc) is 3.27. The molecular weight excluding hydrogens is 472 g/mol. The van der Waals surface area contributed by atoms with Crippen LogP contribution in [0.3, 0.4) is 0 Å². The zero-order chi connectivity index (χ0) is 23.5. The first-order chi connectivity index (χ1) is 15.8. The Morgan fingerprint density at radius 2 is 1.97 bits per heavy atom. The highest BCUT2D eigenvalue weighted by molar-refractivity contribution is 6.32. The number of aromatic nitrogens is 2. The number of carbonyl (C=O) groups is 1. The van der Waals surface area contributed by atoms with Gasteiger partial charge in [-0.2, -0.15) is 5.26 Å². The Bertz CT molecular complexity index is 1420. The molecule has 0 aliphatic carbocycles. The summed E-state index contributed by atoms with van der Waals surface area (Å²) in [5.41, 5.74) is 0.906. The van der Waals surface area contributed by atoms with Gasteiger partial charge in [-0.25, -0.2) is 9.18 Å². The van der Waals surface area contributed by atoms with Crippen molar-refractivity contribution in [2.24, 2.45) is 0 Å². The molecule has 0 aliphatic heterocycles. The van der Waals surface area contributed by atoms with Crippen molar-refractivity contribution in [1.82, 2.24) is 10.2 Å². The maximum Gasteiger partial charge on any atom is 0.335 e. The van der Waals surface area contributed by atoms with Crippen molar-refractivity contribution in [1.29, 1.82) is 5.26 Å². The highest BCUT2D eigenvalue weighted by Crippen LogP contribution is 2.36. The molecule has 4 aromatic rings. The van der Waals surface area contributed by atoms with Gasteiger partial charge >= 0.3 is 5.97 Å². The normalized spacial score (nSPS) is 10.6. The predicted octanol–water partition coefficient (Wildman–Crippen LogP) is 6.14. The lowest BCUT2D eigenvalue weighted by atomic mass is 10.1. The summed E-state index contributed by atoms with van der Waals surface area (Å²) in [6.45, 7) is 0. The third-order valence-electron chi connectivity index (χ3n) is 4.51. The molecule has 0 amide bonds. The Balaban J connectivity index is 1.60. The number of hydrogen-bond acceptors (Lipinski definition) is 6. The van der Waals surface area contributed by atoms with Crippen LogP contribution in [0.25, 0.3) is 11.5 Å². The summed E-state index contributed by atoms with van der Waals surface area (Å²) in [5.74, 6) is -1.72. The second-order valence-corrected chi connectivity index (χ2v) is 7.65. The maximum absolute atomic E-state index is 15.2. The molecule has 7 nitrogen and oxygen atoms in total. The van der Waals surface area contributed by atoms with Crippen LogP contribution in [-0.2, 0) is 6.42 Å². The van der Waals surface area contributed by atoms with E-state index in [0.717, 1.165) is 0 Å². The van der Waals surface area contributed by atoms with Crippen LogP contribution >= 0.6 is 23.2 Å². The summed E-state index contributed by atoms with van der Waals surface area (Å²) in [6.07, 6.45) is -0.0655. The first kappa shape index (κ1) is 22.3. The lowest BCUT2D eigenvalue weighted by Crippen LogP contribution is -1.98. The third-order valence-corrected chi connectivity index (χ3v) is 5.03. The number of rotatable bonds is 6. The summed E-state index contributed by atoms with van der Waals surface area (Å²) in [5, 5.41) is 26.3. The molecule has 1 aromatic heterocycles. The van der Waals surface area contributed by atoms with E-state index in [1.54, 1.807) is 12.1 Å². The monoisotopic (exact) mass is 483 g/mol. The number of ether oxygens (including phenoxy) is 1. The Kier molecular flexibility index (Phi) is 6.27. The van der Waals surface area contributed by atoms with Crippen LogP contribution in [0, 0.1) is 17.1 Å². The van der Waals surface area contributed by atoms with Gasteiger partial charge in [0.05, 0.1) is 28.6 Å². The summed E-state index contributed by atoms with van der Waals surface area (Å²) in [6, 6.07) is 15.2. The van der Waals surface area contributed by atoms with Crippen molar-refractivity contribution in [3.8, 4) is 29.0 Å². The Morgan fingerprint density at radius 1 is 1.15 bits per heavy atom. The van der Waals surface area contributed by atoms with Gasteiger partial charge in [0.1, 0.15) is 5.75 Å². The number of benzene rings is 3. The molecule has 0 atom stereocenters. The highest BCUT2D eigenvalue weighted by atomic mass is 35.5. The largest absolute Gasteiger partial charge is 0.478 e. The van der Waals surface area contributed by atoms with E-state index in [4.69, 9.17) is 42.7 Å². The fourth-order valence-corrected chi connectivity index (χ4v) is 3.41. The number of nitriles is 1. The van der Waals surface area contributed by atoms with E-state index in [9.17, 15) is 4.79 Å². The predicted molar refractivity (Wildman–Crippen MR) is 117 cm³/mol. The Hall–Kier alpha value is -3.93. The minimum atomic E-state index is -1.09. The van der Waals surface area contributed by atoms with E-state index in [-0.39, 0.29) is 56.4 Å². The zero-order valence-electron chi connectivity index (χ0n) is 16.6. The molecule has 0 fully saturated rings. The van der Waals surface area contributed by atoms with E-state index < -0.39 is 11.8 Å². The minimum Gasteiger partial charge on any atom is -0.478 e. The topological polar surface area (TPSA) is 109 Å². The number of hydrogen-bond donors (Lipinski definition) is 1. The first-order valence-corrected chi connectivity index (χ1v) is 10.1. The smallest absolute Gasteiger partial charge is 0.335 e. The number of aromatic carboxylic acids is 1. The molecule has 0 radical (unpaired) electrons. The standard InChI is InChI=1S/C23H12Cl2FN3O4/c24-16-6-12(11-27)7-17(10-16)32-21-18(25)5-4-13(20(21)26)9-19-28-29-22(33-19)14-2-1-3-15(8-14)23(30)31/h1-8,10H,9H2,(H,30,31). The molecule has 0 spiro atoms. The van der Waals surface area contributed by atoms with E-state index in [0.29, 0.717) is 5.56 Å². The van der Waals surface area contributed by atoms with Crippen LogP contribution < -0.4 is 4.74 Å². The molecule has 3 aromatic carbocycles. The van der Waals surface area contributed by atoms with Gasteiger partial charge in [-0.1, -0.05) is 35.3 Å². The van der Waals surface area contributed by atoms with E-state index in [1.807, 2.05) is 6.07 Å². The molecule has 164 valence electrons. The lowest BCUT2D eigenvalue weighted by Gasteiger charge is -2.11. The average molecular weight is 484 g/mol. The Labute approximate surface area is 196 Å². The summed E-state index contributed by atoms with van der Waals surface area (Å²) < 4.78 is 26.4. The van der Waals surface area contributed by atoms with E-state index in [1.165, 1.54) is 42.5 Å². The van der Waals surface area contributed by atoms with Crippen LogP contribution in [-0.4, -0.2) is 21.3 Å². The van der Waals surface area contributed by atoms with Gasteiger partial charge in [0.25, 0.3) is 0 Å². The van der Waals surface area contributed by atoms with Crippen molar-refractivity contribution in [2.45, 2.75) is 6.42 Å². The van der Waals surface area contributed by atoms with Gasteiger partial charge in [0, 0.05) is 16.1 Å². The van der Waals surface area contributed by atoms with Crippen molar-refractivity contribution in [2.75, 3.05) is 0 Å². The molecule has 4 rings (SSSR count). The fourth-order valence-electron chi connectivity index (χ4n) is 3.00. The molecule has 0 aliphatic rings. The number of halogens is 3. The van der Waals surface area contributed by atoms with Crippen molar-refractivity contribution < 1.29 is 23.4 Å². The van der Waals surface area contributed by atoms with Gasteiger partial charge in [-0.15, -0.1) is 10.2 Å². The SMILES string of the molecule is N#Cc1cc(Cl)cc(Oc2c(Cl)ccc(Cc3nnc(-c4cccc(C(=O)O)c4)o3)c2F)c1. The third kappa shape index (κ3) is 4.95. The van der Waals surface area contributed by atoms with Gasteiger partial charge in [-0.05, 0) is 42.5 Å². The van der Waals surface area contributed by atoms with E-state index >= 15 is 4.39 Å². The van der Waals surface area contributed by atoms with Crippen LogP contribution in [0.2, 0.25) is 10.0 Å². The maximum atomic E-state index is 15.2. The highest BCUT2D eigenvalue weighted by Gasteiger charge is 2.19. The lowest BCUT2D eigenvalue weighted by molar-refractivity contribution is 0.0697. The second-order valence-electron chi connectivity index (χ2n) is 6.80. The van der Waals surface area contributed by atoms with Gasteiger partial charge in [0.2, 0.25) is 11.8 Å². The van der Waals surface area contributed by atoms with Crippen LogP contribution in [0.5, 0.6) is 11.5 Å². The quantitative estimate of drug-likeness (QED) is 0.350. The fraction of sp³-hybridized carbons (Fsp3) is 0.0435. The van der Waals surface area contributed by atoms with Gasteiger partial charge in [-0.3, -0.25) is 0 Å². The summed E-state index contributed by atoms with van der Waals surface area (Å²) in [7, 11) is 0.